The molecule has 19 heavy (non-hydrogen) atoms. The molecule has 2 rings (SSSR count). The number of amides is 1. The summed E-state index contributed by atoms with van der Waals surface area (Å²) in [5.41, 5.74) is 1.18. The zero-order valence-corrected chi connectivity index (χ0v) is 10.9. The Balaban J connectivity index is 2.18. The molecular formula is C13H16N2O4. The quantitative estimate of drug-likeness (QED) is 0.653. The number of nitro benzene ring substituents is 1. The topological polar surface area (TPSA) is 81.5 Å². The van der Waals surface area contributed by atoms with E-state index in [1.165, 1.54) is 19.2 Å². The highest BCUT2D eigenvalue weighted by Crippen LogP contribution is 2.38. The van der Waals surface area contributed by atoms with E-state index in [0.717, 1.165) is 6.42 Å². The standard InChI is InChI=1S/C13H16N2O4/c1-8-5-11(8)13(16)14-12-4-3-10(15(17)18)6-9(12)7-19-2/h3-4,6,8,11H,5,7H2,1-2H3,(H,14,16). The average molecular weight is 264 g/mol. The molecule has 0 spiro atoms. The van der Waals surface area contributed by atoms with Crippen molar-refractivity contribution in [1.82, 2.24) is 0 Å². The van der Waals surface area contributed by atoms with Gasteiger partial charge in [-0.1, -0.05) is 6.92 Å². The molecule has 1 aliphatic rings. The van der Waals surface area contributed by atoms with Gasteiger partial charge >= 0.3 is 0 Å². The van der Waals surface area contributed by atoms with Crippen LogP contribution in [-0.2, 0) is 16.1 Å². The SMILES string of the molecule is COCc1cc([N+](=O)[O-])ccc1NC(=O)C1CC1C. The molecule has 1 saturated carbocycles. The predicted octanol–water partition coefficient (Wildman–Crippen LogP) is 2.34. The van der Waals surface area contributed by atoms with Crippen molar-refractivity contribution in [3.8, 4) is 0 Å². The summed E-state index contributed by atoms with van der Waals surface area (Å²) in [6.45, 7) is 2.24. The van der Waals surface area contributed by atoms with Crippen LogP contribution in [-0.4, -0.2) is 17.9 Å². The van der Waals surface area contributed by atoms with Crippen molar-refractivity contribution in [2.24, 2.45) is 11.8 Å². The summed E-state index contributed by atoms with van der Waals surface area (Å²) in [7, 11) is 1.51. The first kappa shape index (κ1) is 13.5. The van der Waals surface area contributed by atoms with Gasteiger partial charge in [-0.25, -0.2) is 0 Å². The minimum atomic E-state index is -0.465. The van der Waals surface area contributed by atoms with Crippen LogP contribution in [0.2, 0.25) is 0 Å². The van der Waals surface area contributed by atoms with E-state index < -0.39 is 4.92 Å². The predicted molar refractivity (Wildman–Crippen MR) is 69.7 cm³/mol. The largest absolute Gasteiger partial charge is 0.380 e. The lowest BCUT2D eigenvalue weighted by atomic mass is 10.1. The van der Waals surface area contributed by atoms with Gasteiger partial charge in [0.25, 0.3) is 5.69 Å². The highest BCUT2D eigenvalue weighted by molar-refractivity contribution is 5.95. The maximum Gasteiger partial charge on any atom is 0.269 e. The Labute approximate surface area is 110 Å². The number of hydrogen-bond acceptors (Lipinski definition) is 4. The molecule has 1 N–H and O–H groups in total. The molecule has 2 unspecified atom stereocenters. The van der Waals surface area contributed by atoms with Gasteiger partial charge < -0.3 is 10.1 Å². The van der Waals surface area contributed by atoms with Gasteiger partial charge in [-0.3, -0.25) is 14.9 Å². The Hall–Kier alpha value is -1.95. The van der Waals surface area contributed by atoms with E-state index in [4.69, 9.17) is 4.74 Å². The smallest absolute Gasteiger partial charge is 0.269 e. The molecular weight excluding hydrogens is 248 g/mol. The number of non-ortho nitro benzene ring substituents is 1. The van der Waals surface area contributed by atoms with E-state index in [2.05, 4.69) is 5.32 Å². The van der Waals surface area contributed by atoms with Gasteiger partial charge in [-0.05, 0) is 18.4 Å². The molecule has 0 aliphatic heterocycles. The summed E-state index contributed by atoms with van der Waals surface area (Å²) in [6, 6.07) is 4.36. The van der Waals surface area contributed by atoms with Crippen molar-refractivity contribution in [2.45, 2.75) is 20.0 Å². The lowest BCUT2D eigenvalue weighted by Crippen LogP contribution is -2.16. The number of nitrogens with zero attached hydrogens (tertiary/aromatic N) is 1. The fraction of sp³-hybridized carbons (Fsp3) is 0.462. The highest BCUT2D eigenvalue weighted by Gasteiger charge is 2.39. The number of hydrogen-bond donors (Lipinski definition) is 1. The van der Waals surface area contributed by atoms with Gasteiger partial charge in [0.2, 0.25) is 5.91 Å². The molecule has 1 amide bonds. The summed E-state index contributed by atoms with van der Waals surface area (Å²) < 4.78 is 5.01. The second-order valence-corrected chi connectivity index (χ2v) is 4.84. The van der Waals surface area contributed by atoms with Crippen LogP contribution in [0.3, 0.4) is 0 Å². The van der Waals surface area contributed by atoms with Gasteiger partial charge in [-0.2, -0.15) is 0 Å². The van der Waals surface area contributed by atoms with Crippen molar-refractivity contribution in [3.63, 3.8) is 0 Å². The van der Waals surface area contributed by atoms with Crippen LogP contribution in [0.4, 0.5) is 11.4 Å². The van der Waals surface area contributed by atoms with Crippen molar-refractivity contribution in [1.29, 1.82) is 0 Å². The highest BCUT2D eigenvalue weighted by atomic mass is 16.6. The summed E-state index contributed by atoms with van der Waals surface area (Å²) in [5.74, 6) is 0.452. The number of nitrogens with one attached hydrogen (secondary N) is 1. The van der Waals surface area contributed by atoms with Crippen LogP contribution >= 0.6 is 0 Å². The van der Waals surface area contributed by atoms with E-state index in [1.54, 1.807) is 6.07 Å². The van der Waals surface area contributed by atoms with E-state index in [-0.39, 0.29) is 24.1 Å². The fourth-order valence-electron chi connectivity index (χ4n) is 2.00. The summed E-state index contributed by atoms with van der Waals surface area (Å²) in [4.78, 5) is 22.1. The third kappa shape index (κ3) is 3.08. The minimum Gasteiger partial charge on any atom is -0.380 e. The van der Waals surface area contributed by atoms with E-state index in [0.29, 0.717) is 17.2 Å². The van der Waals surface area contributed by atoms with Crippen molar-refractivity contribution < 1.29 is 14.5 Å². The summed E-state index contributed by atoms with van der Waals surface area (Å²) in [5, 5.41) is 13.5. The van der Waals surface area contributed by atoms with Gasteiger partial charge in [0.15, 0.2) is 0 Å². The van der Waals surface area contributed by atoms with Crippen LogP contribution in [0.15, 0.2) is 18.2 Å². The van der Waals surface area contributed by atoms with Gasteiger partial charge in [0, 0.05) is 36.4 Å². The number of nitro groups is 1. The second-order valence-electron chi connectivity index (χ2n) is 4.84. The third-order valence-corrected chi connectivity index (χ3v) is 3.30. The maximum absolute atomic E-state index is 11.9. The van der Waals surface area contributed by atoms with Gasteiger partial charge in [0.05, 0.1) is 11.5 Å². The molecule has 1 aromatic carbocycles. The monoisotopic (exact) mass is 264 g/mol. The lowest BCUT2D eigenvalue weighted by Gasteiger charge is -2.10. The third-order valence-electron chi connectivity index (χ3n) is 3.30. The zero-order valence-electron chi connectivity index (χ0n) is 10.9. The minimum absolute atomic E-state index is 0.00941. The van der Waals surface area contributed by atoms with Crippen LogP contribution in [0.1, 0.15) is 18.9 Å². The van der Waals surface area contributed by atoms with E-state index in [9.17, 15) is 14.9 Å². The molecule has 1 fully saturated rings. The van der Waals surface area contributed by atoms with E-state index >= 15 is 0 Å². The first-order valence-corrected chi connectivity index (χ1v) is 6.10. The fourth-order valence-corrected chi connectivity index (χ4v) is 2.00. The molecule has 0 saturated heterocycles. The van der Waals surface area contributed by atoms with E-state index in [1.807, 2.05) is 6.92 Å². The Morgan fingerprint density at radius 3 is 2.79 bits per heavy atom. The Bertz CT molecular complexity index is 515. The van der Waals surface area contributed by atoms with Crippen LogP contribution in [0.5, 0.6) is 0 Å². The average Bonchev–Trinajstić information content (AvgIpc) is 3.08. The molecule has 0 aromatic heterocycles. The van der Waals surface area contributed by atoms with Crippen molar-refractivity contribution >= 4 is 17.3 Å². The normalized spacial score (nSPS) is 20.9. The Morgan fingerprint density at radius 2 is 2.26 bits per heavy atom. The molecule has 0 heterocycles. The molecule has 1 aromatic rings. The molecule has 2 atom stereocenters. The first-order chi connectivity index (χ1) is 9.02. The number of carbonyl (C=O) groups is 1. The first-order valence-electron chi connectivity index (χ1n) is 6.10. The summed E-state index contributed by atoms with van der Waals surface area (Å²) in [6.07, 6.45) is 0.901. The number of benzene rings is 1. The van der Waals surface area contributed by atoms with Crippen LogP contribution < -0.4 is 5.32 Å². The van der Waals surface area contributed by atoms with Crippen molar-refractivity contribution in [3.05, 3.63) is 33.9 Å². The lowest BCUT2D eigenvalue weighted by molar-refractivity contribution is -0.384. The molecule has 6 nitrogen and oxygen atoms in total. The Kier molecular flexibility index (Phi) is 3.80. The molecule has 0 bridgehead atoms. The molecule has 1 aliphatic carbocycles. The van der Waals surface area contributed by atoms with Crippen LogP contribution in [0.25, 0.3) is 0 Å². The Morgan fingerprint density at radius 1 is 1.58 bits per heavy atom. The number of methoxy groups -OCH3 is 1. The molecule has 6 heteroatoms. The number of rotatable bonds is 5. The number of ether oxygens (including phenoxy) is 1. The van der Waals surface area contributed by atoms with Crippen LogP contribution in [0, 0.1) is 22.0 Å². The maximum atomic E-state index is 11.9. The number of carbonyl (C=O) groups excluding carboxylic acids is 1. The van der Waals surface area contributed by atoms with Gasteiger partial charge in [-0.15, -0.1) is 0 Å². The van der Waals surface area contributed by atoms with Gasteiger partial charge in [0.1, 0.15) is 0 Å². The summed E-state index contributed by atoms with van der Waals surface area (Å²) >= 11 is 0. The zero-order chi connectivity index (χ0) is 14.0. The molecule has 102 valence electrons. The second kappa shape index (κ2) is 5.36. The number of anilines is 1. The molecule has 0 radical (unpaired) electrons. The van der Waals surface area contributed by atoms with Crippen molar-refractivity contribution in [2.75, 3.05) is 12.4 Å².